The average Bonchev–Trinajstić information content (AvgIpc) is 2.86. The minimum absolute atomic E-state index is 0.347. The Balaban J connectivity index is 2.01. The van der Waals surface area contributed by atoms with E-state index in [0.29, 0.717) is 24.0 Å². The van der Waals surface area contributed by atoms with Crippen LogP contribution >= 0.6 is 0 Å². The summed E-state index contributed by atoms with van der Waals surface area (Å²) >= 11 is 0. The first-order valence-electron chi connectivity index (χ1n) is 4.84. The zero-order chi connectivity index (χ0) is 11.7. The van der Waals surface area contributed by atoms with Gasteiger partial charge in [0.15, 0.2) is 0 Å². The van der Waals surface area contributed by atoms with Crippen molar-refractivity contribution in [3.8, 4) is 0 Å². The summed E-state index contributed by atoms with van der Waals surface area (Å²) in [4.78, 5) is 21.4. The highest BCUT2D eigenvalue weighted by Crippen LogP contribution is 2.32. The Labute approximate surface area is 91.9 Å². The Bertz CT molecular complexity index is 443. The van der Waals surface area contributed by atoms with Crippen LogP contribution in [-0.4, -0.2) is 22.2 Å². The van der Waals surface area contributed by atoms with Crippen molar-refractivity contribution in [2.24, 2.45) is 0 Å². The molecular weight excluding hydrogens is 208 g/mol. The van der Waals surface area contributed by atoms with E-state index >= 15 is 0 Å². The molecule has 0 unspecified atom stereocenters. The van der Waals surface area contributed by atoms with Crippen LogP contribution in [0.4, 0.5) is 0 Å². The zero-order valence-electron chi connectivity index (χ0n) is 8.43. The predicted octanol–water partition coefficient (Wildman–Crippen LogP) is 1.67. The van der Waals surface area contributed by atoms with E-state index in [0.717, 1.165) is 11.1 Å². The molecule has 0 amide bonds. The van der Waals surface area contributed by atoms with Gasteiger partial charge >= 0.3 is 11.9 Å². The van der Waals surface area contributed by atoms with Crippen LogP contribution in [0.1, 0.15) is 12.8 Å². The van der Waals surface area contributed by atoms with Crippen molar-refractivity contribution >= 4 is 11.9 Å². The maximum atomic E-state index is 10.7. The lowest BCUT2D eigenvalue weighted by molar-refractivity contribution is -0.133. The maximum Gasteiger partial charge on any atom is 0.331 e. The van der Waals surface area contributed by atoms with Gasteiger partial charge in [-0.05, 0) is 11.1 Å². The first-order chi connectivity index (χ1) is 7.58. The van der Waals surface area contributed by atoms with Crippen LogP contribution in [0.5, 0.6) is 0 Å². The molecule has 0 spiro atoms. The Morgan fingerprint density at radius 1 is 0.812 bits per heavy atom. The highest BCUT2D eigenvalue weighted by molar-refractivity contribution is 5.91. The first-order valence-corrected chi connectivity index (χ1v) is 4.84. The molecule has 0 bridgehead atoms. The summed E-state index contributed by atoms with van der Waals surface area (Å²) in [6.07, 6.45) is 7.38. The summed E-state index contributed by atoms with van der Waals surface area (Å²) in [6, 6.07) is 0. The molecule has 0 saturated carbocycles. The predicted molar refractivity (Wildman–Crippen MR) is 56.8 cm³/mol. The van der Waals surface area contributed by atoms with Gasteiger partial charge < -0.3 is 10.2 Å². The van der Waals surface area contributed by atoms with Crippen LogP contribution in [-0.2, 0) is 9.59 Å². The molecule has 4 nitrogen and oxygen atoms in total. The second-order valence-corrected chi connectivity index (χ2v) is 3.73. The molecule has 2 N–H and O–H groups in total. The van der Waals surface area contributed by atoms with Gasteiger partial charge in [0.25, 0.3) is 0 Å². The van der Waals surface area contributed by atoms with Gasteiger partial charge in [-0.25, -0.2) is 9.59 Å². The lowest BCUT2D eigenvalue weighted by Gasteiger charge is -2.04. The van der Waals surface area contributed by atoms with Gasteiger partial charge in [0.1, 0.15) is 0 Å². The Morgan fingerprint density at radius 2 is 1.19 bits per heavy atom. The van der Waals surface area contributed by atoms with E-state index in [1.165, 1.54) is 0 Å². The highest BCUT2D eigenvalue weighted by Gasteiger charge is 2.21. The number of hydrogen-bond donors (Lipinski definition) is 2. The summed E-state index contributed by atoms with van der Waals surface area (Å²) in [5.41, 5.74) is 2.48. The van der Waals surface area contributed by atoms with E-state index in [1.54, 1.807) is 24.3 Å². The van der Waals surface area contributed by atoms with E-state index in [1.807, 2.05) is 0 Å². The molecule has 2 rings (SSSR count). The summed E-state index contributed by atoms with van der Waals surface area (Å²) in [5, 5.41) is 17.6. The summed E-state index contributed by atoms with van der Waals surface area (Å²) < 4.78 is 0. The van der Waals surface area contributed by atoms with Gasteiger partial charge in [0.2, 0.25) is 0 Å². The first kappa shape index (κ1) is 10.4. The third-order valence-corrected chi connectivity index (χ3v) is 2.70. The molecule has 82 valence electrons. The summed E-state index contributed by atoms with van der Waals surface area (Å²) in [5.74, 6) is -1.84. The summed E-state index contributed by atoms with van der Waals surface area (Å²) in [7, 11) is 0. The standard InChI is InChI=1S/C12H10O4/c13-11(14)9-3-1-7(5-9)8-2-4-10(6-8)12(15)16/h1-4H,5-6H2,(H,13,14)(H,15,16). The van der Waals surface area contributed by atoms with Crippen LogP contribution in [0.25, 0.3) is 0 Å². The Morgan fingerprint density at radius 3 is 1.44 bits per heavy atom. The van der Waals surface area contributed by atoms with Crippen LogP contribution in [0, 0.1) is 0 Å². The topological polar surface area (TPSA) is 74.6 Å². The van der Waals surface area contributed by atoms with Crippen molar-refractivity contribution < 1.29 is 19.8 Å². The van der Waals surface area contributed by atoms with Crippen molar-refractivity contribution in [3.05, 3.63) is 46.6 Å². The number of hydrogen-bond acceptors (Lipinski definition) is 2. The fraction of sp³-hybridized carbons (Fsp3) is 0.167. The number of carboxylic acid groups (broad SMARTS) is 2. The van der Waals surface area contributed by atoms with Gasteiger partial charge in [0, 0.05) is 24.0 Å². The molecule has 0 atom stereocenters. The molecule has 16 heavy (non-hydrogen) atoms. The highest BCUT2D eigenvalue weighted by atomic mass is 16.4. The molecular formula is C12H10O4. The Kier molecular flexibility index (Phi) is 2.48. The molecule has 0 fully saturated rings. The molecule has 0 saturated heterocycles. The molecule has 0 aromatic rings. The monoisotopic (exact) mass is 218 g/mol. The Hall–Kier alpha value is -2.10. The minimum Gasteiger partial charge on any atom is -0.478 e. The molecule has 2 aliphatic rings. The molecule has 0 aromatic carbocycles. The van der Waals surface area contributed by atoms with E-state index < -0.39 is 11.9 Å². The van der Waals surface area contributed by atoms with Crippen molar-refractivity contribution in [2.45, 2.75) is 12.8 Å². The molecule has 0 heterocycles. The normalized spacial score (nSPS) is 18.8. The molecule has 0 aliphatic heterocycles. The quantitative estimate of drug-likeness (QED) is 0.755. The zero-order valence-corrected chi connectivity index (χ0v) is 8.43. The van der Waals surface area contributed by atoms with Crippen molar-refractivity contribution in [1.29, 1.82) is 0 Å². The third kappa shape index (κ3) is 1.82. The van der Waals surface area contributed by atoms with E-state index in [2.05, 4.69) is 0 Å². The van der Waals surface area contributed by atoms with E-state index in [9.17, 15) is 9.59 Å². The average molecular weight is 218 g/mol. The van der Waals surface area contributed by atoms with Crippen molar-refractivity contribution in [2.75, 3.05) is 0 Å². The maximum absolute atomic E-state index is 10.7. The lowest BCUT2D eigenvalue weighted by Crippen LogP contribution is -2.01. The third-order valence-electron chi connectivity index (χ3n) is 2.70. The number of rotatable bonds is 3. The van der Waals surface area contributed by atoms with Crippen LogP contribution < -0.4 is 0 Å². The van der Waals surface area contributed by atoms with E-state index in [4.69, 9.17) is 10.2 Å². The second kappa shape index (κ2) is 3.81. The van der Waals surface area contributed by atoms with Crippen LogP contribution in [0.3, 0.4) is 0 Å². The molecule has 2 aliphatic carbocycles. The summed E-state index contributed by atoms with van der Waals surface area (Å²) in [6.45, 7) is 0. The second-order valence-electron chi connectivity index (χ2n) is 3.73. The van der Waals surface area contributed by atoms with E-state index in [-0.39, 0.29) is 0 Å². The SMILES string of the molecule is O=C(O)C1=CC=C(C2=CC=C(C(=O)O)C2)C1. The van der Waals surface area contributed by atoms with Gasteiger partial charge in [-0.1, -0.05) is 24.3 Å². The molecule has 4 heteroatoms. The van der Waals surface area contributed by atoms with Gasteiger partial charge in [-0.2, -0.15) is 0 Å². The fourth-order valence-corrected chi connectivity index (χ4v) is 1.78. The molecule has 0 aromatic heterocycles. The largest absolute Gasteiger partial charge is 0.478 e. The molecule has 0 radical (unpaired) electrons. The van der Waals surface area contributed by atoms with Crippen LogP contribution in [0.2, 0.25) is 0 Å². The number of allylic oxidation sites excluding steroid dienone is 6. The minimum atomic E-state index is -0.920. The van der Waals surface area contributed by atoms with Crippen molar-refractivity contribution in [1.82, 2.24) is 0 Å². The van der Waals surface area contributed by atoms with Gasteiger partial charge in [-0.3, -0.25) is 0 Å². The number of carbonyl (C=O) groups is 2. The smallest absolute Gasteiger partial charge is 0.331 e. The number of aliphatic carboxylic acids is 2. The van der Waals surface area contributed by atoms with Gasteiger partial charge in [-0.15, -0.1) is 0 Å². The lowest BCUT2D eigenvalue weighted by atomic mass is 10.0. The van der Waals surface area contributed by atoms with Gasteiger partial charge in [0.05, 0.1) is 0 Å². The van der Waals surface area contributed by atoms with Crippen LogP contribution in [0.15, 0.2) is 46.6 Å². The number of carboxylic acids is 2. The van der Waals surface area contributed by atoms with Crippen molar-refractivity contribution in [3.63, 3.8) is 0 Å². The fourth-order valence-electron chi connectivity index (χ4n) is 1.78.